The van der Waals surface area contributed by atoms with E-state index in [4.69, 9.17) is 11.6 Å². The van der Waals surface area contributed by atoms with Crippen LogP contribution in [0, 0.1) is 5.41 Å². The number of aryl methyl sites for hydroxylation is 1. The van der Waals surface area contributed by atoms with Crippen molar-refractivity contribution in [3.63, 3.8) is 0 Å². The summed E-state index contributed by atoms with van der Waals surface area (Å²) in [7, 11) is 1.91. The Bertz CT molecular complexity index is 1220. The van der Waals surface area contributed by atoms with Crippen LogP contribution in [0.2, 0.25) is 5.02 Å². The number of nitrogens with one attached hydrogen (secondary N) is 1. The van der Waals surface area contributed by atoms with Gasteiger partial charge in [0.05, 0.1) is 16.9 Å². The lowest BCUT2D eigenvalue weighted by molar-refractivity contribution is -0.113. The van der Waals surface area contributed by atoms with Gasteiger partial charge in [-0.25, -0.2) is 4.98 Å². The van der Waals surface area contributed by atoms with Crippen LogP contribution in [-0.2, 0) is 24.8 Å². The van der Waals surface area contributed by atoms with Gasteiger partial charge in [0, 0.05) is 54.3 Å². The van der Waals surface area contributed by atoms with E-state index in [0.717, 1.165) is 48.2 Å². The highest BCUT2D eigenvalue weighted by molar-refractivity contribution is 6.33. The molecule has 1 atom stereocenters. The number of pyridine rings is 1. The molecule has 5 rings (SSSR count). The van der Waals surface area contributed by atoms with Gasteiger partial charge in [0.15, 0.2) is 0 Å². The number of amides is 1. The van der Waals surface area contributed by atoms with Gasteiger partial charge in [0.1, 0.15) is 5.82 Å². The summed E-state index contributed by atoms with van der Waals surface area (Å²) >= 11 is 6.50. The lowest BCUT2D eigenvalue weighted by Crippen LogP contribution is -2.19. The minimum Gasteiger partial charge on any atom is -0.307 e. The second kappa shape index (κ2) is 7.89. The molecule has 3 aromatic heterocycles. The second-order valence-corrected chi connectivity index (χ2v) is 10.0. The zero-order valence-electron chi connectivity index (χ0n) is 18.6. The first-order valence-corrected chi connectivity index (χ1v) is 11.4. The molecule has 1 aliphatic heterocycles. The zero-order valence-corrected chi connectivity index (χ0v) is 19.4. The van der Waals surface area contributed by atoms with Crippen molar-refractivity contribution in [3.05, 3.63) is 58.8 Å². The smallest absolute Gasteiger partial charge is 0.252 e. The van der Waals surface area contributed by atoms with Crippen molar-refractivity contribution in [2.45, 2.75) is 52.0 Å². The van der Waals surface area contributed by atoms with Crippen LogP contribution >= 0.6 is 11.6 Å². The average Bonchev–Trinajstić information content (AvgIpc) is 3.43. The Balaban J connectivity index is 1.35. The molecule has 8 heteroatoms. The van der Waals surface area contributed by atoms with Crippen LogP contribution in [0.15, 0.2) is 42.4 Å². The number of rotatable bonds is 4. The van der Waals surface area contributed by atoms with Gasteiger partial charge in [-0.05, 0) is 43.2 Å². The molecule has 0 aromatic carbocycles. The molecule has 32 heavy (non-hydrogen) atoms. The number of allylic oxidation sites excluding steroid dienone is 1. The summed E-state index contributed by atoms with van der Waals surface area (Å²) in [6.45, 7) is 5.36. The summed E-state index contributed by atoms with van der Waals surface area (Å²) in [6, 6.07) is 3.88. The van der Waals surface area contributed by atoms with Crippen LogP contribution in [-0.4, -0.2) is 30.5 Å². The first-order valence-electron chi connectivity index (χ1n) is 11.0. The van der Waals surface area contributed by atoms with Gasteiger partial charge in [-0.3, -0.25) is 14.2 Å². The molecular formula is C24H27ClN6O. The molecule has 3 aromatic rings. The molecule has 2 aliphatic rings. The molecule has 1 aliphatic carbocycles. The van der Waals surface area contributed by atoms with Crippen molar-refractivity contribution in [3.8, 4) is 11.1 Å². The summed E-state index contributed by atoms with van der Waals surface area (Å²) in [5.74, 6) is 0.634. The lowest BCUT2D eigenvalue weighted by atomic mass is 9.86. The van der Waals surface area contributed by atoms with Crippen molar-refractivity contribution >= 4 is 23.3 Å². The first kappa shape index (κ1) is 20.9. The maximum Gasteiger partial charge on any atom is 0.252 e. The van der Waals surface area contributed by atoms with Gasteiger partial charge >= 0.3 is 0 Å². The quantitative estimate of drug-likeness (QED) is 0.622. The second-order valence-electron chi connectivity index (χ2n) is 9.63. The van der Waals surface area contributed by atoms with E-state index in [1.54, 1.807) is 10.9 Å². The molecule has 0 radical (unpaired) electrons. The van der Waals surface area contributed by atoms with Crippen LogP contribution in [0.1, 0.15) is 50.4 Å². The lowest BCUT2D eigenvalue weighted by Gasteiger charge is -2.21. The Kier molecular flexibility index (Phi) is 5.16. The SMILES string of the molecule is Cn1ccc([C@H]2CCC=C(C(=O)Nc3cc(-c4cnn5c4CC(C)(C)C5)c(Cl)cn3)C2)n1. The largest absolute Gasteiger partial charge is 0.307 e. The summed E-state index contributed by atoms with van der Waals surface area (Å²) in [5.41, 5.74) is 5.01. The molecule has 4 heterocycles. The molecule has 166 valence electrons. The van der Waals surface area contributed by atoms with E-state index in [1.807, 2.05) is 37.7 Å². The maximum atomic E-state index is 13.0. The minimum absolute atomic E-state index is 0.118. The third kappa shape index (κ3) is 3.97. The third-order valence-electron chi connectivity index (χ3n) is 6.38. The normalized spacial score (nSPS) is 19.5. The van der Waals surface area contributed by atoms with Gasteiger partial charge in [0.25, 0.3) is 5.91 Å². The predicted octanol–water partition coefficient (Wildman–Crippen LogP) is 4.75. The number of nitrogens with zero attached hydrogens (tertiary/aromatic N) is 5. The Morgan fingerprint density at radius 2 is 2.12 bits per heavy atom. The highest BCUT2D eigenvalue weighted by atomic mass is 35.5. The van der Waals surface area contributed by atoms with Crippen molar-refractivity contribution in [2.75, 3.05) is 5.32 Å². The molecule has 0 saturated carbocycles. The predicted molar refractivity (Wildman–Crippen MR) is 124 cm³/mol. The average molecular weight is 451 g/mol. The highest BCUT2D eigenvalue weighted by Gasteiger charge is 2.32. The van der Waals surface area contributed by atoms with Crippen LogP contribution in [0.3, 0.4) is 0 Å². The molecule has 0 spiro atoms. The Labute approximate surface area is 192 Å². The molecule has 1 N–H and O–H groups in total. The molecule has 0 unspecified atom stereocenters. The summed E-state index contributed by atoms with van der Waals surface area (Å²) in [6.07, 6.45) is 10.9. The number of halogens is 1. The van der Waals surface area contributed by atoms with Crippen LogP contribution < -0.4 is 5.32 Å². The first-order chi connectivity index (χ1) is 15.3. The summed E-state index contributed by atoms with van der Waals surface area (Å²) in [4.78, 5) is 17.4. The van der Waals surface area contributed by atoms with Gasteiger partial charge in [0.2, 0.25) is 0 Å². The minimum atomic E-state index is -0.118. The van der Waals surface area contributed by atoms with Crippen molar-refractivity contribution in [1.82, 2.24) is 24.5 Å². The number of aromatic nitrogens is 5. The zero-order chi connectivity index (χ0) is 22.5. The van der Waals surface area contributed by atoms with E-state index in [1.165, 1.54) is 5.69 Å². The van der Waals surface area contributed by atoms with Crippen molar-refractivity contribution < 1.29 is 4.79 Å². The van der Waals surface area contributed by atoms with Gasteiger partial charge in [-0.15, -0.1) is 0 Å². The number of carbonyl (C=O) groups excluding carboxylic acids is 1. The molecule has 1 amide bonds. The van der Waals surface area contributed by atoms with Gasteiger partial charge < -0.3 is 5.32 Å². The Hall–Kier alpha value is -2.93. The number of fused-ring (bicyclic) bond motifs is 1. The molecule has 0 saturated heterocycles. The fourth-order valence-corrected chi connectivity index (χ4v) is 4.99. The number of anilines is 1. The summed E-state index contributed by atoms with van der Waals surface area (Å²) in [5, 5.41) is 12.6. The molecule has 0 bridgehead atoms. The Morgan fingerprint density at radius 3 is 2.91 bits per heavy atom. The highest BCUT2D eigenvalue weighted by Crippen LogP contribution is 2.39. The van der Waals surface area contributed by atoms with E-state index in [-0.39, 0.29) is 17.2 Å². The number of carbonyl (C=O) groups is 1. The number of hydrogen-bond donors (Lipinski definition) is 1. The fourth-order valence-electron chi connectivity index (χ4n) is 4.78. The Morgan fingerprint density at radius 1 is 1.28 bits per heavy atom. The number of hydrogen-bond acceptors (Lipinski definition) is 4. The van der Waals surface area contributed by atoms with Crippen molar-refractivity contribution in [2.24, 2.45) is 12.5 Å². The fraction of sp³-hybridized carbons (Fsp3) is 0.417. The van der Waals surface area contributed by atoms with Gasteiger partial charge in [-0.1, -0.05) is 31.5 Å². The van der Waals surface area contributed by atoms with E-state index >= 15 is 0 Å². The van der Waals surface area contributed by atoms with Crippen LogP contribution in [0.4, 0.5) is 5.82 Å². The monoisotopic (exact) mass is 450 g/mol. The third-order valence-corrected chi connectivity index (χ3v) is 6.68. The van der Waals surface area contributed by atoms with E-state index < -0.39 is 0 Å². The maximum absolute atomic E-state index is 13.0. The van der Waals surface area contributed by atoms with Crippen LogP contribution in [0.25, 0.3) is 11.1 Å². The molecule has 0 fully saturated rings. The molecular weight excluding hydrogens is 424 g/mol. The van der Waals surface area contributed by atoms with Crippen molar-refractivity contribution in [1.29, 1.82) is 0 Å². The van der Waals surface area contributed by atoms with E-state index in [2.05, 4.69) is 39.0 Å². The van der Waals surface area contributed by atoms with E-state index in [9.17, 15) is 4.79 Å². The summed E-state index contributed by atoms with van der Waals surface area (Å²) < 4.78 is 3.86. The molecule has 7 nitrogen and oxygen atoms in total. The van der Waals surface area contributed by atoms with Crippen LogP contribution in [0.5, 0.6) is 0 Å². The van der Waals surface area contributed by atoms with Gasteiger partial charge in [-0.2, -0.15) is 10.2 Å². The topological polar surface area (TPSA) is 77.6 Å². The van der Waals surface area contributed by atoms with E-state index in [0.29, 0.717) is 17.3 Å². The standard InChI is InChI=1S/C24H27ClN6O/c1-24(2)11-21-18(12-27-31(21)14-24)17-10-22(26-13-19(17)25)28-23(32)16-6-4-5-15(9-16)20-7-8-30(3)29-20/h6-8,10,12-13,15H,4-5,9,11,14H2,1-3H3,(H,26,28,32)/t15-/m0/s1.